The van der Waals surface area contributed by atoms with E-state index in [9.17, 15) is 9.59 Å². The smallest absolute Gasteiger partial charge is 0.291 e. The average molecular weight is 261 g/mol. The fraction of sp³-hybridized carbons (Fsp3) is 0.231. The highest BCUT2D eigenvalue weighted by atomic mass is 16.4. The third-order valence-electron chi connectivity index (χ3n) is 2.67. The highest BCUT2D eigenvalue weighted by molar-refractivity contribution is 6.02. The van der Waals surface area contributed by atoms with Gasteiger partial charge in [0.1, 0.15) is 5.76 Å². The van der Waals surface area contributed by atoms with E-state index >= 15 is 0 Å². The molecule has 0 bridgehead atoms. The van der Waals surface area contributed by atoms with Crippen molar-refractivity contribution < 1.29 is 9.21 Å². The number of nitrogens with two attached hydrogens (primary N) is 1. The molecule has 2 aromatic rings. The summed E-state index contributed by atoms with van der Waals surface area (Å²) in [7, 11) is 0. The van der Waals surface area contributed by atoms with Crippen molar-refractivity contribution in [1.29, 1.82) is 0 Å². The Morgan fingerprint density at radius 2 is 2.16 bits per heavy atom. The quantitative estimate of drug-likeness (QED) is 0.864. The zero-order chi connectivity index (χ0) is 13.8. The molecule has 6 nitrogen and oxygen atoms in total. The third kappa shape index (κ3) is 2.92. The van der Waals surface area contributed by atoms with Crippen molar-refractivity contribution in [2.75, 3.05) is 5.32 Å². The normalized spacial score (nSPS) is 10.4. The number of carbonyl (C=O) groups excluding carboxylic acids is 1. The van der Waals surface area contributed by atoms with Crippen molar-refractivity contribution in [3.63, 3.8) is 0 Å². The maximum atomic E-state index is 11.9. The molecule has 1 amide bonds. The van der Waals surface area contributed by atoms with E-state index in [-0.39, 0.29) is 23.8 Å². The Balaban J connectivity index is 2.16. The van der Waals surface area contributed by atoms with Gasteiger partial charge in [-0.05, 0) is 25.1 Å². The van der Waals surface area contributed by atoms with E-state index < -0.39 is 0 Å². The Morgan fingerprint density at radius 3 is 2.79 bits per heavy atom. The highest BCUT2D eigenvalue weighted by Gasteiger charge is 2.11. The molecule has 0 saturated carbocycles. The van der Waals surface area contributed by atoms with Crippen molar-refractivity contribution in [2.24, 2.45) is 5.73 Å². The van der Waals surface area contributed by atoms with Crippen LogP contribution in [0.15, 0.2) is 39.7 Å². The van der Waals surface area contributed by atoms with Crippen LogP contribution in [-0.2, 0) is 13.1 Å². The van der Waals surface area contributed by atoms with E-state index in [1.807, 2.05) is 6.92 Å². The molecule has 0 aliphatic heterocycles. The molecule has 3 N–H and O–H groups in total. The van der Waals surface area contributed by atoms with Crippen molar-refractivity contribution in [2.45, 2.75) is 20.0 Å². The first-order valence-corrected chi connectivity index (χ1v) is 5.94. The summed E-state index contributed by atoms with van der Waals surface area (Å²) in [6.07, 6.45) is 1.59. The Morgan fingerprint density at radius 1 is 1.37 bits per heavy atom. The van der Waals surface area contributed by atoms with Crippen LogP contribution in [0.3, 0.4) is 0 Å². The number of carbonyl (C=O) groups is 1. The molecule has 100 valence electrons. The molecule has 0 saturated heterocycles. The van der Waals surface area contributed by atoms with Crippen LogP contribution in [0.25, 0.3) is 0 Å². The van der Waals surface area contributed by atoms with Gasteiger partial charge in [0.05, 0.1) is 12.2 Å². The van der Waals surface area contributed by atoms with Gasteiger partial charge in [-0.1, -0.05) is 0 Å². The van der Waals surface area contributed by atoms with Gasteiger partial charge in [0.25, 0.3) is 11.5 Å². The molecule has 0 spiro atoms. The van der Waals surface area contributed by atoms with Crippen LogP contribution < -0.4 is 16.6 Å². The number of hydrogen-bond acceptors (Lipinski definition) is 4. The van der Waals surface area contributed by atoms with Gasteiger partial charge >= 0.3 is 0 Å². The van der Waals surface area contributed by atoms with E-state index in [1.54, 1.807) is 24.4 Å². The fourth-order valence-electron chi connectivity index (χ4n) is 1.65. The molecule has 2 aromatic heterocycles. The van der Waals surface area contributed by atoms with E-state index in [0.717, 1.165) is 0 Å². The summed E-state index contributed by atoms with van der Waals surface area (Å²) in [4.78, 5) is 23.3. The predicted molar refractivity (Wildman–Crippen MR) is 70.9 cm³/mol. The van der Waals surface area contributed by atoms with Gasteiger partial charge in [-0.3, -0.25) is 9.59 Å². The summed E-state index contributed by atoms with van der Waals surface area (Å²) in [6.45, 7) is 2.64. The second-order valence-corrected chi connectivity index (χ2v) is 3.97. The highest BCUT2D eigenvalue weighted by Crippen LogP contribution is 2.10. The maximum Gasteiger partial charge on any atom is 0.291 e. The van der Waals surface area contributed by atoms with Crippen molar-refractivity contribution in [1.82, 2.24) is 4.57 Å². The molecular weight excluding hydrogens is 246 g/mol. The van der Waals surface area contributed by atoms with Crippen LogP contribution in [-0.4, -0.2) is 10.5 Å². The van der Waals surface area contributed by atoms with E-state index in [2.05, 4.69) is 5.32 Å². The number of furan rings is 1. The largest absolute Gasteiger partial charge is 0.455 e. The van der Waals surface area contributed by atoms with Crippen molar-refractivity contribution >= 4 is 11.6 Å². The Labute approximate surface area is 109 Å². The first kappa shape index (κ1) is 13.1. The number of hydrogen-bond donors (Lipinski definition) is 2. The van der Waals surface area contributed by atoms with E-state index in [0.29, 0.717) is 18.0 Å². The molecule has 2 heterocycles. The molecule has 0 aliphatic rings. The Bertz CT molecular complexity index is 643. The number of aromatic nitrogens is 1. The summed E-state index contributed by atoms with van der Waals surface area (Å²) in [5.41, 5.74) is 5.84. The monoisotopic (exact) mass is 261 g/mol. The maximum absolute atomic E-state index is 11.9. The first-order valence-electron chi connectivity index (χ1n) is 5.94. The number of rotatable bonds is 4. The molecule has 2 rings (SSSR count). The van der Waals surface area contributed by atoms with Gasteiger partial charge in [-0.15, -0.1) is 0 Å². The minimum absolute atomic E-state index is 0.107. The van der Waals surface area contributed by atoms with Crippen LogP contribution in [0.5, 0.6) is 0 Å². The molecule has 19 heavy (non-hydrogen) atoms. The van der Waals surface area contributed by atoms with Gasteiger partial charge in [0, 0.05) is 18.8 Å². The number of aryl methyl sites for hydroxylation is 1. The Hall–Kier alpha value is -2.34. The molecule has 6 heteroatoms. The summed E-state index contributed by atoms with van der Waals surface area (Å²) in [5.74, 6) is 0.361. The molecule has 0 unspecified atom stereocenters. The summed E-state index contributed by atoms with van der Waals surface area (Å²) >= 11 is 0. The van der Waals surface area contributed by atoms with Gasteiger partial charge in [-0.2, -0.15) is 0 Å². The lowest BCUT2D eigenvalue weighted by Gasteiger charge is -2.06. The lowest BCUT2D eigenvalue weighted by molar-refractivity contribution is 0.0995. The fourth-order valence-corrected chi connectivity index (χ4v) is 1.65. The lowest BCUT2D eigenvalue weighted by Crippen LogP contribution is -2.19. The van der Waals surface area contributed by atoms with Crippen LogP contribution in [0, 0.1) is 0 Å². The van der Waals surface area contributed by atoms with E-state index in [1.165, 1.54) is 10.6 Å². The summed E-state index contributed by atoms with van der Waals surface area (Å²) < 4.78 is 6.74. The molecule has 0 atom stereocenters. The van der Waals surface area contributed by atoms with Gasteiger partial charge < -0.3 is 20.0 Å². The molecular formula is C13H15N3O3. The van der Waals surface area contributed by atoms with Crippen LogP contribution >= 0.6 is 0 Å². The van der Waals surface area contributed by atoms with Gasteiger partial charge in [0.2, 0.25) is 0 Å². The summed E-state index contributed by atoms with van der Waals surface area (Å²) in [6, 6.07) is 6.18. The number of anilines is 1. The van der Waals surface area contributed by atoms with Crippen LogP contribution in [0.2, 0.25) is 0 Å². The van der Waals surface area contributed by atoms with Gasteiger partial charge in [0.15, 0.2) is 5.76 Å². The zero-order valence-electron chi connectivity index (χ0n) is 10.6. The van der Waals surface area contributed by atoms with Crippen LogP contribution in [0.4, 0.5) is 5.69 Å². The zero-order valence-corrected chi connectivity index (χ0v) is 10.6. The molecule has 0 fully saturated rings. The Kier molecular flexibility index (Phi) is 3.82. The van der Waals surface area contributed by atoms with E-state index in [4.69, 9.17) is 10.2 Å². The molecule has 0 radical (unpaired) electrons. The van der Waals surface area contributed by atoms with Crippen molar-refractivity contribution in [3.05, 3.63) is 52.3 Å². The topological polar surface area (TPSA) is 90.3 Å². The molecule has 0 aromatic carbocycles. The number of pyridine rings is 1. The second-order valence-electron chi connectivity index (χ2n) is 3.97. The first-order chi connectivity index (χ1) is 9.13. The van der Waals surface area contributed by atoms with Crippen LogP contribution in [0.1, 0.15) is 23.2 Å². The minimum atomic E-state index is -0.374. The predicted octanol–water partition coefficient (Wildman–Crippen LogP) is 1.17. The number of amides is 1. The second kappa shape index (κ2) is 5.53. The lowest BCUT2D eigenvalue weighted by atomic mass is 10.3. The number of nitrogens with one attached hydrogen (secondary N) is 1. The minimum Gasteiger partial charge on any atom is -0.455 e. The SMILES string of the molecule is CCn1cc(NC(=O)c2ccc(CN)o2)ccc1=O. The standard InChI is InChI=1S/C13H15N3O3/c1-2-16-8-9(3-6-12(16)17)15-13(18)11-5-4-10(7-14)19-11/h3-6,8H,2,7,14H2,1H3,(H,15,18). The number of nitrogens with zero attached hydrogens (tertiary/aromatic N) is 1. The summed E-state index contributed by atoms with van der Waals surface area (Å²) in [5, 5.41) is 2.66. The van der Waals surface area contributed by atoms with Crippen molar-refractivity contribution in [3.8, 4) is 0 Å². The molecule has 0 aliphatic carbocycles. The van der Waals surface area contributed by atoms with Gasteiger partial charge in [-0.25, -0.2) is 0 Å². The average Bonchev–Trinajstić information content (AvgIpc) is 2.90. The third-order valence-corrected chi connectivity index (χ3v) is 2.67.